The highest BCUT2D eigenvalue weighted by Crippen LogP contribution is 2.26. The van der Waals surface area contributed by atoms with Gasteiger partial charge in [0.1, 0.15) is 0 Å². The molecule has 2 aliphatic rings. The van der Waals surface area contributed by atoms with Crippen LogP contribution in [0, 0.1) is 0 Å². The van der Waals surface area contributed by atoms with Crippen molar-refractivity contribution in [3.8, 4) is 0 Å². The van der Waals surface area contributed by atoms with E-state index in [9.17, 15) is 16.8 Å². The largest absolute Gasteiger partial charge is 0.309 e. The molecule has 116 valence electrons. The summed E-state index contributed by atoms with van der Waals surface area (Å²) in [4.78, 5) is 0.190. The quantitative estimate of drug-likeness (QED) is 0.823. The third-order valence-electron chi connectivity index (χ3n) is 4.00. The minimum absolute atomic E-state index is 0.0279. The number of fused-ring (bicyclic) bond motifs is 1. The molecular weight excluding hydrogens is 312 g/mol. The molecule has 2 N–H and O–H groups in total. The lowest BCUT2D eigenvalue weighted by Gasteiger charge is -2.23. The molecule has 0 saturated carbocycles. The molecule has 0 amide bonds. The van der Waals surface area contributed by atoms with Gasteiger partial charge in [0.25, 0.3) is 0 Å². The predicted octanol–water partition coefficient (Wildman–Crippen LogP) is 0.145. The van der Waals surface area contributed by atoms with E-state index in [1.54, 1.807) is 25.1 Å². The molecule has 0 aromatic heterocycles. The maximum absolute atomic E-state index is 12.5. The van der Waals surface area contributed by atoms with Crippen LogP contribution in [-0.2, 0) is 33.0 Å². The van der Waals surface area contributed by atoms with E-state index >= 15 is 0 Å². The molecule has 1 unspecified atom stereocenters. The van der Waals surface area contributed by atoms with Crippen molar-refractivity contribution >= 4 is 19.9 Å². The highest BCUT2D eigenvalue weighted by atomic mass is 32.2. The number of rotatable bonds is 3. The van der Waals surface area contributed by atoms with Crippen molar-refractivity contribution in [3.05, 3.63) is 29.3 Å². The van der Waals surface area contributed by atoms with Crippen LogP contribution in [-0.4, -0.2) is 33.9 Å². The first-order valence-corrected chi connectivity index (χ1v) is 10.1. The Morgan fingerprint density at radius 2 is 1.95 bits per heavy atom. The molecule has 1 aromatic carbocycles. The van der Waals surface area contributed by atoms with Gasteiger partial charge in [-0.25, -0.2) is 21.6 Å². The Bertz CT molecular complexity index is 786. The fourth-order valence-corrected chi connectivity index (χ4v) is 6.58. The van der Waals surface area contributed by atoms with Crippen molar-refractivity contribution in [3.63, 3.8) is 0 Å². The minimum Gasteiger partial charge on any atom is -0.309 e. The Balaban J connectivity index is 1.88. The molecule has 0 bridgehead atoms. The van der Waals surface area contributed by atoms with E-state index in [0.717, 1.165) is 17.7 Å². The van der Waals surface area contributed by atoms with Crippen LogP contribution in [0.5, 0.6) is 0 Å². The van der Waals surface area contributed by atoms with E-state index < -0.39 is 25.4 Å². The van der Waals surface area contributed by atoms with Crippen molar-refractivity contribution in [2.45, 2.75) is 36.9 Å². The van der Waals surface area contributed by atoms with Gasteiger partial charge in [-0.05, 0) is 36.6 Å². The zero-order valence-electron chi connectivity index (χ0n) is 11.7. The van der Waals surface area contributed by atoms with Gasteiger partial charge in [-0.3, -0.25) is 0 Å². The van der Waals surface area contributed by atoms with Gasteiger partial charge < -0.3 is 5.32 Å². The topological polar surface area (TPSA) is 92.3 Å². The van der Waals surface area contributed by atoms with Gasteiger partial charge in [0.15, 0.2) is 9.84 Å². The van der Waals surface area contributed by atoms with Crippen LogP contribution in [0.4, 0.5) is 0 Å². The van der Waals surface area contributed by atoms with Crippen LogP contribution in [0.1, 0.15) is 24.5 Å². The molecule has 6 nitrogen and oxygen atoms in total. The second-order valence-electron chi connectivity index (χ2n) is 6.04. The molecule has 1 saturated heterocycles. The van der Waals surface area contributed by atoms with Gasteiger partial charge >= 0.3 is 0 Å². The highest BCUT2D eigenvalue weighted by Gasteiger charge is 2.41. The molecule has 3 rings (SSSR count). The molecule has 21 heavy (non-hydrogen) atoms. The molecule has 2 heterocycles. The lowest BCUT2D eigenvalue weighted by Crippen LogP contribution is -2.46. The Labute approximate surface area is 124 Å². The first-order valence-electron chi connectivity index (χ1n) is 6.76. The number of sulfonamides is 1. The summed E-state index contributed by atoms with van der Waals surface area (Å²) in [5.74, 6) is -0.119. The van der Waals surface area contributed by atoms with Crippen LogP contribution >= 0.6 is 0 Å². The molecular formula is C13H18N2O4S2. The van der Waals surface area contributed by atoms with Gasteiger partial charge in [0.05, 0.1) is 16.4 Å². The molecule has 1 fully saturated rings. The third-order valence-corrected chi connectivity index (χ3v) is 7.54. The molecule has 0 spiro atoms. The van der Waals surface area contributed by atoms with E-state index in [1.807, 2.05) is 0 Å². The first-order chi connectivity index (χ1) is 9.69. The summed E-state index contributed by atoms with van der Waals surface area (Å²) in [5.41, 5.74) is 1.15. The van der Waals surface area contributed by atoms with E-state index in [-0.39, 0.29) is 16.4 Å². The lowest BCUT2D eigenvalue weighted by atomic mass is 10.0. The van der Waals surface area contributed by atoms with Crippen LogP contribution in [0.2, 0.25) is 0 Å². The van der Waals surface area contributed by atoms with Gasteiger partial charge in [-0.15, -0.1) is 0 Å². The summed E-state index contributed by atoms with van der Waals surface area (Å²) < 4.78 is 50.7. The summed E-state index contributed by atoms with van der Waals surface area (Å²) >= 11 is 0. The Hall–Kier alpha value is -0.960. The monoisotopic (exact) mass is 330 g/mol. The van der Waals surface area contributed by atoms with Crippen LogP contribution in [0.25, 0.3) is 0 Å². The second-order valence-corrected chi connectivity index (χ2v) is 9.91. The molecule has 1 aromatic rings. The minimum atomic E-state index is -3.72. The van der Waals surface area contributed by atoms with Gasteiger partial charge in [0, 0.05) is 18.6 Å². The number of nitrogens with one attached hydrogen (secondary N) is 2. The van der Waals surface area contributed by atoms with E-state index in [1.165, 1.54) is 0 Å². The summed E-state index contributed by atoms with van der Waals surface area (Å²) in [5, 5.41) is 3.16. The van der Waals surface area contributed by atoms with Crippen molar-refractivity contribution in [2.75, 3.05) is 11.5 Å². The summed E-state index contributed by atoms with van der Waals surface area (Å²) in [6.07, 6.45) is 0.307. The lowest BCUT2D eigenvalue weighted by molar-refractivity contribution is 0.462. The van der Waals surface area contributed by atoms with Crippen molar-refractivity contribution in [1.29, 1.82) is 0 Å². The second kappa shape index (κ2) is 4.77. The molecule has 0 aliphatic carbocycles. The molecule has 8 heteroatoms. The Morgan fingerprint density at radius 3 is 2.62 bits per heavy atom. The first kappa shape index (κ1) is 15.0. The maximum Gasteiger partial charge on any atom is 0.241 e. The summed E-state index contributed by atoms with van der Waals surface area (Å²) in [6.45, 7) is 3.05. The van der Waals surface area contributed by atoms with Crippen molar-refractivity contribution in [2.24, 2.45) is 0 Å². The fourth-order valence-electron chi connectivity index (χ4n) is 2.91. The van der Waals surface area contributed by atoms with E-state index in [4.69, 9.17) is 0 Å². The number of benzene rings is 1. The third kappa shape index (κ3) is 2.98. The van der Waals surface area contributed by atoms with Crippen LogP contribution < -0.4 is 10.0 Å². The standard InChI is InChI=1S/C13H18N2O4S2/c1-13(4-5-20(16,17)9-13)15-21(18,19)12-3-2-10-7-14-8-11(10)6-12/h2-3,6,14-15H,4-5,7-9H2,1H3. The molecule has 1 atom stereocenters. The SMILES string of the molecule is CC1(NS(=O)(=O)c2ccc3c(c2)CNC3)CCS(=O)(=O)C1. The number of hydrogen-bond acceptors (Lipinski definition) is 5. The molecule has 0 radical (unpaired) electrons. The highest BCUT2D eigenvalue weighted by molar-refractivity contribution is 7.92. The van der Waals surface area contributed by atoms with E-state index in [0.29, 0.717) is 13.0 Å². The van der Waals surface area contributed by atoms with Crippen molar-refractivity contribution < 1.29 is 16.8 Å². The number of sulfone groups is 1. The maximum atomic E-state index is 12.5. The Morgan fingerprint density at radius 1 is 1.24 bits per heavy atom. The van der Waals surface area contributed by atoms with E-state index in [2.05, 4.69) is 10.0 Å². The van der Waals surface area contributed by atoms with Crippen molar-refractivity contribution in [1.82, 2.24) is 10.0 Å². The average Bonchev–Trinajstić information content (AvgIpc) is 2.91. The van der Waals surface area contributed by atoms with Crippen LogP contribution in [0.3, 0.4) is 0 Å². The zero-order chi connectivity index (χ0) is 15.3. The average molecular weight is 330 g/mol. The fraction of sp³-hybridized carbons (Fsp3) is 0.538. The van der Waals surface area contributed by atoms with Gasteiger partial charge in [-0.1, -0.05) is 6.07 Å². The number of hydrogen-bond donors (Lipinski definition) is 2. The molecule has 2 aliphatic heterocycles. The van der Waals surface area contributed by atoms with Gasteiger partial charge in [0.2, 0.25) is 10.0 Å². The summed E-state index contributed by atoms with van der Waals surface area (Å²) in [6, 6.07) is 5.03. The predicted molar refractivity (Wildman–Crippen MR) is 79.0 cm³/mol. The Kier molecular flexibility index (Phi) is 3.40. The summed E-state index contributed by atoms with van der Waals surface area (Å²) in [7, 11) is -6.87. The van der Waals surface area contributed by atoms with Gasteiger partial charge in [-0.2, -0.15) is 0 Å². The zero-order valence-corrected chi connectivity index (χ0v) is 13.4. The van der Waals surface area contributed by atoms with Crippen LogP contribution in [0.15, 0.2) is 23.1 Å². The smallest absolute Gasteiger partial charge is 0.241 e. The normalized spacial score (nSPS) is 27.7.